The maximum Gasteiger partial charge on any atom is 0.249 e. The summed E-state index contributed by atoms with van der Waals surface area (Å²) in [7, 11) is 0. The highest BCUT2D eigenvalue weighted by Gasteiger charge is 2.31. The standard InChI is InChI=1S/C21H17N3OS2/c22-20(25)17-18(23-21(26)24-19(17)16-7-4-12-27-16)15-10-8-14(9-11-15)13-5-2-1-3-6-13/h1-12,19H,(H2,22,25)(H2,23,24,26). The second-order valence-corrected chi connectivity index (χ2v) is 7.53. The monoisotopic (exact) mass is 391 g/mol. The number of benzene rings is 2. The van der Waals surface area contributed by atoms with Gasteiger partial charge in [0.05, 0.1) is 17.3 Å². The number of thiocarbonyl (C=S) groups is 1. The molecule has 2 aromatic carbocycles. The zero-order chi connectivity index (χ0) is 18.8. The number of nitrogens with two attached hydrogens (primary N) is 1. The fourth-order valence-electron chi connectivity index (χ4n) is 3.19. The first kappa shape index (κ1) is 17.5. The molecule has 0 saturated carbocycles. The molecular formula is C21H17N3OS2. The molecule has 27 heavy (non-hydrogen) atoms. The van der Waals surface area contributed by atoms with Crippen molar-refractivity contribution in [1.29, 1.82) is 0 Å². The van der Waals surface area contributed by atoms with E-state index in [1.807, 2.05) is 60.0 Å². The average Bonchev–Trinajstić information content (AvgIpc) is 3.22. The minimum Gasteiger partial charge on any atom is -0.366 e. The molecule has 3 aromatic rings. The van der Waals surface area contributed by atoms with Gasteiger partial charge >= 0.3 is 0 Å². The van der Waals surface area contributed by atoms with Crippen LogP contribution in [0.2, 0.25) is 0 Å². The molecule has 4 rings (SSSR count). The predicted octanol–water partition coefficient (Wildman–Crippen LogP) is 3.83. The van der Waals surface area contributed by atoms with Gasteiger partial charge < -0.3 is 16.4 Å². The van der Waals surface area contributed by atoms with Crippen LogP contribution in [-0.4, -0.2) is 11.0 Å². The summed E-state index contributed by atoms with van der Waals surface area (Å²) in [6.45, 7) is 0. The molecule has 0 spiro atoms. The first-order chi connectivity index (χ1) is 13.1. The molecule has 0 aliphatic carbocycles. The van der Waals surface area contributed by atoms with Crippen molar-refractivity contribution < 1.29 is 4.79 Å². The van der Waals surface area contributed by atoms with Gasteiger partial charge in [-0.05, 0) is 40.4 Å². The van der Waals surface area contributed by atoms with Crippen molar-refractivity contribution in [3.8, 4) is 11.1 Å². The van der Waals surface area contributed by atoms with Gasteiger partial charge in [-0.15, -0.1) is 11.3 Å². The first-order valence-corrected chi connectivity index (χ1v) is 9.73. The van der Waals surface area contributed by atoms with E-state index < -0.39 is 5.91 Å². The summed E-state index contributed by atoms with van der Waals surface area (Å²) in [5, 5.41) is 8.72. The van der Waals surface area contributed by atoms with E-state index in [2.05, 4.69) is 22.8 Å². The molecular weight excluding hydrogens is 374 g/mol. The van der Waals surface area contributed by atoms with Gasteiger partial charge in [0.15, 0.2) is 5.11 Å². The zero-order valence-corrected chi connectivity index (χ0v) is 15.9. The Morgan fingerprint density at radius 1 is 0.926 bits per heavy atom. The van der Waals surface area contributed by atoms with Crippen LogP contribution in [0, 0.1) is 0 Å². The van der Waals surface area contributed by atoms with E-state index >= 15 is 0 Å². The van der Waals surface area contributed by atoms with Crippen molar-refractivity contribution in [3.05, 3.63) is 88.1 Å². The van der Waals surface area contributed by atoms with E-state index in [9.17, 15) is 4.79 Å². The molecule has 1 atom stereocenters. The third-order valence-electron chi connectivity index (χ3n) is 4.45. The summed E-state index contributed by atoms with van der Waals surface area (Å²) in [6, 6.07) is 21.7. The summed E-state index contributed by atoms with van der Waals surface area (Å²) in [5.74, 6) is -0.474. The number of thiophene rings is 1. The van der Waals surface area contributed by atoms with Crippen molar-refractivity contribution >= 4 is 40.3 Å². The summed E-state index contributed by atoms with van der Waals surface area (Å²) in [5.41, 5.74) is 9.99. The van der Waals surface area contributed by atoms with Crippen LogP contribution in [0.25, 0.3) is 16.8 Å². The Balaban J connectivity index is 1.78. The smallest absolute Gasteiger partial charge is 0.249 e. The Bertz CT molecular complexity index is 1010. The molecule has 6 heteroatoms. The van der Waals surface area contributed by atoms with Crippen LogP contribution in [0.15, 0.2) is 77.7 Å². The summed E-state index contributed by atoms with van der Waals surface area (Å²) in [4.78, 5) is 13.3. The minimum absolute atomic E-state index is 0.347. The molecule has 0 radical (unpaired) electrons. The van der Waals surface area contributed by atoms with Gasteiger partial charge in [-0.1, -0.05) is 60.7 Å². The highest BCUT2D eigenvalue weighted by atomic mass is 32.1. The van der Waals surface area contributed by atoms with Crippen molar-refractivity contribution in [2.75, 3.05) is 0 Å². The van der Waals surface area contributed by atoms with Gasteiger partial charge in [-0.3, -0.25) is 4.79 Å². The number of nitrogens with one attached hydrogen (secondary N) is 2. The molecule has 0 saturated heterocycles. The molecule has 0 fully saturated rings. The van der Waals surface area contributed by atoms with Crippen LogP contribution in [-0.2, 0) is 4.79 Å². The molecule has 1 aliphatic rings. The van der Waals surface area contributed by atoms with Crippen molar-refractivity contribution in [2.24, 2.45) is 5.73 Å². The van der Waals surface area contributed by atoms with Crippen molar-refractivity contribution in [3.63, 3.8) is 0 Å². The minimum atomic E-state index is -0.474. The fourth-order valence-corrected chi connectivity index (χ4v) is 4.19. The van der Waals surface area contributed by atoms with Crippen LogP contribution >= 0.6 is 23.6 Å². The Morgan fingerprint density at radius 2 is 1.59 bits per heavy atom. The highest BCUT2D eigenvalue weighted by molar-refractivity contribution is 7.80. The second kappa shape index (κ2) is 7.34. The maximum atomic E-state index is 12.3. The number of primary amides is 1. The van der Waals surface area contributed by atoms with Crippen molar-refractivity contribution in [2.45, 2.75) is 6.04 Å². The Labute approximate surface area is 166 Å². The average molecular weight is 392 g/mol. The molecule has 4 N–H and O–H groups in total. The van der Waals surface area contributed by atoms with E-state index in [0.29, 0.717) is 16.4 Å². The van der Waals surface area contributed by atoms with E-state index in [0.717, 1.165) is 21.6 Å². The number of hydrogen-bond acceptors (Lipinski definition) is 3. The normalized spacial score (nSPS) is 16.6. The lowest BCUT2D eigenvalue weighted by Gasteiger charge is -2.30. The number of rotatable bonds is 4. The molecule has 1 unspecified atom stereocenters. The maximum absolute atomic E-state index is 12.3. The molecule has 1 aliphatic heterocycles. The Morgan fingerprint density at radius 3 is 2.22 bits per heavy atom. The predicted molar refractivity (Wildman–Crippen MR) is 114 cm³/mol. The molecule has 2 heterocycles. The van der Waals surface area contributed by atoms with Gasteiger partial charge in [0, 0.05) is 4.88 Å². The molecule has 134 valence electrons. The van der Waals surface area contributed by atoms with Crippen LogP contribution < -0.4 is 16.4 Å². The van der Waals surface area contributed by atoms with Gasteiger partial charge in [-0.25, -0.2) is 0 Å². The van der Waals surface area contributed by atoms with Crippen LogP contribution in [0.5, 0.6) is 0 Å². The lowest BCUT2D eigenvalue weighted by molar-refractivity contribution is -0.114. The molecule has 0 bridgehead atoms. The van der Waals surface area contributed by atoms with E-state index in [4.69, 9.17) is 18.0 Å². The van der Waals surface area contributed by atoms with Gasteiger partial charge in [0.1, 0.15) is 0 Å². The van der Waals surface area contributed by atoms with E-state index in [-0.39, 0.29) is 6.04 Å². The Kier molecular flexibility index (Phi) is 4.75. The van der Waals surface area contributed by atoms with Crippen LogP contribution in [0.4, 0.5) is 0 Å². The summed E-state index contributed by atoms with van der Waals surface area (Å²) >= 11 is 6.93. The van der Waals surface area contributed by atoms with Gasteiger partial charge in [-0.2, -0.15) is 0 Å². The fraction of sp³-hybridized carbons (Fsp3) is 0.0476. The number of amides is 1. The van der Waals surface area contributed by atoms with Gasteiger partial charge in [0.2, 0.25) is 5.91 Å². The summed E-state index contributed by atoms with van der Waals surface area (Å²) < 4.78 is 0. The van der Waals surface area contributed by atoms with E-state index in [1.54, 1.807) is 11.3 Å². The van der Waals surface area contributed by atoms with Gasteiger partial charge in [0.25, 0.3) is 0 Å². The summed E-state index contributed by atoms with van der Waals surface area (Å²) in [6.07, 6.45) is 0. The number of hydrogen-bond donors (Lipinski definition) is 3. The lowest BCUT2D eigenvalue weighted by Crippen LogP contribution is -2.45. The van der Waals surface area contributed by atoms with Crippen molar-refractivity contribution in [1.82, 2.24) is 10.6 Å². The largest absolute Gasteiger partial charge is 0.366 e. The topological polar surface area (TPSA) is 67.2 Å². The van der Waals surface area contributed by atoms with Crippen LogP contribution in [0.1, 0.15) is 16.5 Å². The molecule has 1 amide bonds. The third kappa shape index (κ3) is 3.49. The number of carbonyl (C=O) groups excluding carboxylic acids is 1. The van der Waals surface area contributed by atoms with E-state index in [1.165, 1.54) is 0 Å². The Hall–Kier alpha value is -2.96. The lowest BCUT2D eigenvalue weighted by atomic mass is 9.95. The third-order valence-corrected chi connectivity index (χ3v) is 5.60. The first-order valence-electron chi connectivity index (χ1n) is 8.44. The van der Waals surface area contributed by atoms with Crippen LogP contribution in [0.3, 0.4) is 0 Å². The SMILES string of the molecule is NC(=O)C1=C(c2ccc(-c3ccccc3)cc2)NC(=S)NC1c1cccs1. The zero-order valence-electron chi connectivity index (χ0n) is 14.3. The number of carbonyl (C=O) groups is 1. The molecule has 1 aromatic heterocycles. The quantitative estimate of drug-likeness (QED) is 0.592. The highest BCUT2D eigenvalue weighted by Crippen LogP contribution is 2.33. The second-order valence-electron chi connectivity index (χ2n) is 6.14. The molecule has 4 nitrogen and oxygen atoms in total.